The van der Waals surface area contributed by atoms with Crippen molar-refractivity contribution in [2.45, 2.75) is 0 Å². The number of carbonyl (C=O) groups is 1. The molecule has 1 fully saturated rings. The number of nitrogens with zero attached hydrogens (tertiary/aromatic N) is 3. The molecule has 0 atom stereocenters. The molecule has 1 aliphatic heterocycles. The van der Waals surface area contributed by atoms with Crippen LogP contribution in [0.15, 0.2) is 0 Å². The molecule has 2 heterocycles. The molecule has 0 spiro atoms. The third-order valence-corrected chi connectivity index (χ3v) is 2.85. The Morgan fingerprint density at radius 2 is 2.05 bits per heavy atom. The first-order valence-corrected chi connectivity index (χ1v) is 6.24. The van der Waals surface area contributed by atoms with Crippen molar-refractivity contribution in [3.63, 3.8) is 0 Å². The van der Waals surface area contributed by atoms with Gasteiger partial charge in [-0.15, -0.1) is 0 Å². The van der Waals surface area contributed by atoms with Crippen molar-refractivity contribution in [2.24, 2.45) is 0 Å². The van der Waals surface area contributed by atoms with Crippen molar-refractivity contribution >= 4 is 35.0 Å². The number of carboxylic acid groups (broad SMARTS) is 1. The minimum atomic E-state index is -1.11. The normalized spacial score (nSPS) is 15.4. The molecular weight excluding hydrogens is 297 g/mol. The van der Waals surface area contributed by atoms with Gasteiger partial charge in [0, 0.05) is 13.1 Å². The Bertz CT molecular complexity index is 480. The van der Waals surface area contributed by atoms with E-state index < -0.39 is 12.6 Å². The van der Waals surface area contributed by atoms with Crippen molar-refractivity contribution < 1.29 is 19.4 Å². The average Bonchev–Trinajstić information content (AvgIpc) is 2.37. The second kappa shape index (κ2) is 6.23. The molecule has 0 amide bonds. The summed E-state index contributed by atoms with van der Waals surface area (Å²) in [5, 5.41) is 8.62. The van der Waals surface area contributed by atoms with Crippen molar-refractivity contribution in [1.82, 2.24) is 9.97 Å². The molecule has 7 nitrogen and oxygen atoms in total. The van der Waals surface area contributed by atoms with Gasteiger partial charge in [0.1, 0.15) is 0 Å². The maximum absolute atomic E-state index is 10.6. The van der Waals surface area contributed by atoms with Gasteiger partial charge < -0.3 is 19.5 Å². The quantitative estimate of drug-likeness (QED) is 0.658. The van der Waals surface area contributed by atoms with Crippen LogP contribution in [0.2, 0.25) is 10.4 Å². The van der Waals surface area contributed by atoms with E-state index in [9.17, 15) is 4.79 Å². The van der Waals surface area contributed by atoms with Gasteiger partial charge in [-0.1, -0.05) is 11.6 Å². The Morgan fingerprint density at radius 1 is 1.37 bits per heavy atom. The van der Waals surface area contributed by atoms with Gasteiger partial charge in [-0.05, 0) is 11.6 Å². The van der Waals surface area contributed by atoms with Crippen molar-refractivity contribution in [2.75, 3.05) is 37.8 Å². The molecule has 0 radical (unpaired) electrons. The first-order valence-electron chi connectivity index (χ1n) is 5.48. The van der Waals surface area contributed by atoms with E-state index in [1.165, 1.54) is 0 Å². The van der Waals surface area contributed by atoms with Crippen molar-refractivity contribution in [3.05, 3.63) is 10.4 Å². The number of halogens is 2. The molecule has 1 aromatic rings. The van der Waals surface area contributed by atoms with E-state index in [1.807, 2.05) is 4.90 Å². The summed E-state index contributed by atoms with van der Waals surface area (Å²) in [5.41, 5.74) is 0. The molecule has 0 aliphatic carbocycles. The molecule has 104 valence electrons. The molecule has 0 aromatic carbocycles. The van der Waals surface area contributed by atoms with Gasteiger partial charge in [0.25, 0.3) is 0 Å². The highest BCUT2D eigenvalue weighted by molar-refractivity contribution is 6.33. The zero-order valence-corrected chi connectivity index (χ0v) is 11.3. The lowest BCUT2D eigenvalue weighted by molar-refractivity contribution is -0.139. The lowest BCUT2D eigenvalue weighted by Gasteiger charge is -2.29. The fraction of sp³-hybridized carbons (Fsp3) is 0.500. The maximum atomic E-state index is 10.6. The summed E-state index contributed by atoms with van der Waals surface area (Å²) >= 11 is 11.7. The van der Waals surface area contributed by atoms with Gasteiger partial charge in [-0.25, -0.2) is 9.78 Å². The summed E-state index contributed by atoms with van der Waals surface area (Å²) in [4.78, 5) is 20.2. The number of hydrogen-bond acceptors (Lipinski definition) is 6. The van der Waals surface area contributed by atoms with Crippen LogP contribution in [0.1, 0.15) is 0 Å². The smallest absolute Gasteiger partial charge is 0.341 e. The second-order valence-electron chi connectivity index (χ2n) is 3.72. The van der Waals surface area contributed by atoms with Gasteiger partial charge >= 0.3 is 5.97 Å². The van der Waals surface area contributed by atoms with Gasteiger partial charge in [0.05, 0.1) is 13.2 Å². The van der Waals surface area contributed by atoms with Gasteiger partial charge in [0.2, 0.25) is 5.28 Å². The largest absolute Gasteiger partial charge is 0.479 e. The number of anilines is 1. The van der Waals surface area contributed by atoms with E-state index in [-0.39, 0.29) is 16.2 Å². The summed E-state index contributed by atoms with van der Waals surface area (Å²) in [6.45, 7) is 1.73. The van der Waals surface area contributed by atoms with Crippen LogP contribution < -0.4 is 9.64 Å². The summed E-state index contributed by atoms with van der Waals surface area (Å²) in [6.07, 6.45) is 0. The molecule has 1 aromatic heterocycles. The van der Waals surface area contributed by atoms with E-state index in [0.717, 1.165) is 0 Å². The van der Waals surface area contributed by atoms with Gasteiger partial charge in [-0.2, -0.15) is 4.98 Å². The first kappa shape index (κ1) is 14.1. The molecule has 2 rings (SSSR count). The van der Waals surface area contributed by atoms with E-state index >= 15 is 0 Å². The van der Waals surface area contributed by atoms with Crippen LogP contribution in [0, 0.1) is 0 Å². The van der Waals surface area contributed by atoms with Crippen LogP contribution in [-0.4, -0.2) is 54.0 Å². The molecule has 19 heavy (non-hydrogen) atoms. The van der Waals surface area contributed by atoms with Crippen LogP contribution >= 0.6 is 23.2 Å². The zero-order valence-electron chi connectivity index (χ0n) is 9.81. The highest BCUT2D eigenvalue weighted by Gasteiger charge is 2.22. The summed E-state index contributed by atoms with van der Waals surface area (Å²) < 4.78 is 10.4. The number of carboxylic acids is 1. The SMILES string of the molecule is O=C(O)COc1c(Cl)nc(Cl)nc1N1CCOCC1. The predicted octanol–water partition coefficient (Wildman–Crippen LogP) is 1.08. The monoisotopic (exact) mass is 307 g/mol. The Kier molecular flexibility index (Phi) is 4.62. The van der Waals surface area contributed by atoms with E-state index in [0.29, 0.717) is 32.1 Å². The lowest BCUT2D eigenvalue weighted by atomic mass is 10.4. The van der Waals surface area contributed by atoms with Gasteiger partial charge in [0.15, 0.2) is 23.3 Å². The van der Waals surface area contributed by atoms with Crippen molar-refractivity contribution in [1.29, 1.82) is 0 Å². The minimum absolute atomic E-state index is 0.0114. The highest BCUT2D eigenvalue weighted by atomic mass is 35.5. The maximum Gasteiger partial charge on any atom is 0.341 e. The fourth-order valence-corrected chi connectivity index (χ4v) is 2.06. The molecule has 0 bridgehead atoms. The topological polar surface area (TPSA) is 84.8 Å². The standard InChI is InChI=1S/C10H11Cl2N3O4/c11-8-7(19-5-6(16)17)9(14-10(12)13-8)15-1-3-18-4-2-15/h1-5H2,(H,16,17). The summed E-state index contributed by atoms with van der Waals surface area (Å²) in [6, 6.07) is 0. The second-order valence-corrected chi connectivity index (χ2v) is 4.41. The molecule has 0 unspecified atom stereocenters. The van der Waals surface area contributed by atoms with Crippen LogP contribution in [0.3, 0.4) is 0 Å². The van der Waals surface area contributed by atoms with Crippen LogP contribution in [0.5, 0.6) is 5.75 Å². The molecule has 0 saturated carbocycles. The average molecular weight is 308 g/mol. The number of morpholine rings is 1. The third kappa shape index (κ3) is 3.59. The summed E-state index contributed by atoms with van der Waals surface area (Å²) in [5.74, 6) is -0.608. The zero-order chi connectivity index (χ0) is 13.8. The van der Waals surface area contributed by atoms with Crippen LogP contribution in [0.4, 0.5) is 5.82 Å². The highest BCUT2D eigenvalue weighted by Crippen LogP contribution is 2.34. The first-order chi connectivity index (χ1) is 9.08. The fourth-order valence-electron chi connectivity index (χ4n) is 1.63. The van der Waals surface area contributed by atoms with E-state index in [4.69, 9.17) is 37.8 Å². The molecule has 1 aliphatic rings. The Morgan fingerprint density at radius 3 is 2.68 bits per heavy atom. The number of hydrogen-bond donors (Lipinski definition) is 1. The Labute approximate surface area is 119 Å². The number of aliphatic carboxylic acids is 1. The molecule has 9 heteroatoms. The Balaban J connectivity index is 2.30. The van der Waals surface area contributed by atoms with Crippen LogP contribution in [0.25, 0.3) is 0 Å². The minimum Gasteiger partial charge on any atom is -0.479 e. The predicted molar refractivity (Wildman–Crippen MR) is 68.2 cm³/mol. The number of aromatic nitrogens is 2. The van der Waals surface area contributed by atoms with Gasteiger partial charge in [-0.3, -0.25) is 0 Å². The van der Waals surface area contributed by atoms with E-state index in [2.05, 4.69) is 9.97 Å². The Hall–Kier alpha value is -1.31. The molecule has 1 saturated heterocycles. The number of rotatable bonds is 4. The molecular formula is C10H11Cl2N3O4. The lowest BCUT2D eigenvalue weighted by Crippen LogP contribution is -2.37. The van der Waals surface area contributed by atoms with Crippen molar-refractivity contribution in [3.8, 4) is 5.75 Å². The van der Waals surface area contributed by atoms with Crippen LogP contribution in [-0.2, 0) is 9.53 Å². The number of ether oxygens (including phenoxy) is 2. The molecule has 1 N–H and O–H groups in total. The third-order valence-electron chi connectivity index (χ3n) is 2.43. The summed E-state index contributed by atoms with van der Waals surface area (Å²) in [7, 11) is 0. The van der Waals surface area contributed by atoms with E-state index in [1.54, 1.807) is 0 Å².